The first-order chi connectivity index (χ1) is 16.4. The van der Waals surface area contributed by atoms with E-state index >= 15 is 0 Å². The van der Waals surface area contributed by atoms with E-state index in [1.165, 1.54) is 0 Å². The molecule has 0 radical (unpaired) electrons. The van der Waals surface area contributed by atoms with Crippen LogP contribution in [0.4, 0.5) is 0 Å². The maximum Gasteiger partial charge on any atom is 0.257 e. The summed E-state index contributed by atoms with van der Waals surface area (Å²) < 4.78 is 10.9. The van der Waals surface area contributed by atoms with Crippen LogP contribution in [0.2, 0.25) is 0 Å². The average Bonchev–Trinajstić information content (AvgIpc) is 3.29. The van der Waals surface area contributed by atoms with Crippen molar-refractivity contribution in [3.63, 3.8) is 0 Å². The Morgan fingerprint density at radius 3 is 2.47 bits per heavy atom. The van der Waals surface area contributed by atoms with Crippen molar-refractivity contribution in [1.29, 1.82) is 0 Å². The highest BCUT2D eigenvalue weighted by molar-refractivity contribution is 6.05. The Bertz CT molecular complexity index is 1090. The zero-order chi connectivity index (χ0) is 24.2. The maximum atomic E-state index is 13.5. The molecule has 2 aliphatic rings. The molecule has 1 saturated heterocycles. The van der Waals surface area contributed by atoms with Gasteiger partial charge >= 0.3 is 0 Å². The fourth-order valence-corrected chi connectivity index (χ4v) is 4.78. The number of aryl methyl sites for hydroxylation is 1. The summed E-state index contributed by atoms with van der Waals surface area (Å²) in [5.41, 5.74) is 9.30. The van der Waals surface area contributed by atoms with Crippen LogP contribution in [0.15, 0.2) is 47.6 Å². The third-order valence-electron chi connectivity index (χ3n) is 6.78. The summed E-state index contributed by atoms with van der Waals surface area (Å²) >= 11 is 0. The van der Waals surface area contributed by atoms with Crippen LogP contribution in [-0.2, 0) is 9.59 Å². The molecular weight excluding hydrogens is 432 g/mol. The van der Waals surface area contributed by atoms with Crippen LogP contribution in [0.5, 0.6) is 11.5 Å². The van der Waals surface area contributed by atoms with Gasteiger partial charge in [0.25, 0.3) is 5.91 Å². The van der Waals surface area contributed by atoms with E-state index in [-0.39, 0.29) is 30.3 Å². The number of piperidine rings is 1. The highest BCUT2D eigenvalue weighted by atomic mass is 16.5. The molecule has 2 aromatic carbocycles. The van der Waals surface area contributed by atoms with Crippen LogP contribution in [-0.4, -0.2) is 61.3 Å². The number of methoxy groups -OCH3 is 2. The molecule has 4 rings (SSSR count). The number of amides is 2. The van der Waals surface area contributed by atoms with Crippen molar-refractivity contribution in [2.45, 2.75) is 32.2 Å². The molecule has 1 fully saturated rings. The molecule has 0 spiro atoms. The largest absolute Gasteiger partial charge is 0.497 e. The molecule has 0 saturated carbocycles. The van der Waals surface area contributed by atoms with E-state index in [1.807, 2.05) is 30.3 Å². The third-order valence-corrected chi connectivity index (χ3v) is 6.78. The number of rotatable bonds is 7. The second-order valence-electron chi connectivity index (χ2n) is 8.88. The molecule has 2 aromatic rings. The number of nitrogens with zero attached hydrogens (tertiary/aromatic N) is 3. The molecule has 0 bridgehead atoms. The summed E-state index contributed by atoms with van der Waals surface area (Å²) in [6.07, 6.45) is 1.95. The lowest BCUT2D eigenvalue weighted by molar-refractivity contribution is -0.134. The van der Waals surface area contributed by atoms with Gasteiger partial charge in [-0.15, -0.1) is 0 Å². The standard InChI is InChI=1S/C26H32N4O4/c1-17-6-4-5-7-20(17)23-15-22(21-9-8-19(33-2)14-24(21)34-3)28-30(23)25(31)16-29-12-10-18(11-13-29)26(27)32/h4-9,14,18,23H,10-13,15-16H2,1-3H3,(H2,27,32)/t23-/m0/s1. The third kappa shape index (κ3) is 4.92. The molecule has 2 N–H and O–H groups in total. The molecule has 34 heavy (non-hydrogen) atoms. The Hall–Kier alpha value is -3.39. The quantitative estimate of drug-likeness (QED) is 0.680. The van der Waals surface area contributed by atoms with Crippen molar-refractivity contribution in [2.75, 3.05) is 33.9 Å². The number of carbonyl (C=O) groups is 2. The van der Waals surface area contributed by atoms with E-state index < -0.39 is 0 Å². The minimum absolute atomic E-state index is 0.0618. The predicted octanol–water partition coefficient (Wildman–Crippen LogP) is 2.89. The molecule has 0 unspecified atom stereocenters. The van der Waals surface area contributed by atoms with Crippen molar-refractivity contribution in [2.24, 2.45) is 16.8 Å². The van der Waals surface area contributed by atoms with E-state index in [1.54, 1.807) is 19.2 Å². The predicted molar refractivity (Wildman–Crippen MR) is 130 cm³/mol. The lowest BCUT2D eigenvalue weighted by Crippen LogP contribution is -2.44. The minimum Gasteiger partial charge on any atom is -0.497 e. The number of likely N-dealkylation sites (tertiary alicyclic amines) is 1. The summed E-state index contributed by atoms with van der Waals surface area (Å²) in [7, 11) is 3.23. The number of carbonyl (C=O) groups excluding carboxylic acids is 2. The van der Waals surface area contributed by atoms with E-state index in [0.717, 1.165) is 22.4 Å². The molecule has 2 heterocycles. The number of primary amides is 1. The van der Waals surface area contributed by atoms with Crippen LogP contribution < -0.4 is 15.2 Å². The Balaban J connectivity index is 1.60. The number of nitrogens with two attached hydrogens (primary N) is 1. The van der Waals surface area contributed by atoms with Gasteiger partial charge in [-0.3, -0.25) is 14.5 Å². The van der Waals surface area contributed by atoms with Gasteiger partial charge < -0.3 is 15.2 Å². The molecule has 8 heteroatoms. The second-order valence-corrected chi connectivity index (χ2v) is 8.88. The van der Waals surface area contributed by atoms with Crippen molar-refractivity contribution >= 4 is 17.5 Å². The Morgan fingerprint density at radius 1 is 1.09 bits per heavy atom. The topological polar surface area (TPSA) is 97.5 Å². The van der Waals surface area contributed by atoms with Crippen molar-refractivity contribution < 1.29 is 19.1 Å². The average molecular weight is 465 g/mol. The summed E-state index contributed by atoms with van der Waals surface area (Å²) in [5.74, 6) is 0.928. The molecule has 2 amide bonds. The highest BCUT2D eigenvalue weighted by Crippen LogP contribution is 2.37. The monoisotopic (exact) mass is 464 g/mol. The van der Waals surface area contributed by atoms with Crippen LogP contribution in [0.1, 0.15) is 42.0 Å². The lowest BCUT2D eigenvalue weighted by atomic mass is 9.94. The van der Waals surface area contributed by atoms with Gasteiger partial charge in [0.15, 0.2) is 0 Å². The van der Waals surface area contributed by atoms with Gasteiger partial charge in [0.2, 0.25) is 5.91 Å². The van der Waals surface area contributed by atoms with E-state index in [2.05, 4.69) is 24.0 Å². The van der Waals surface area contributed by atoms with Crippen LogP contribution in [0, 0.1) is 12.8 Å². The Labute approximate surface area is 200 Å². The molecular formula is C26H32N4O4. The second kappa shape index (κ2) is 10.3. The van der Waals surface area contributed by atoms with Gasteiger partial charge in [0.05, 0.1) is 32.5 Å². The van der Waals surface area contributed by atoms with Crippen molar-refractivity contribution in [1.82, 2.24) is 9.91 Å². The molecule has 8 nitrogen and oxygen atoms in total. The van der Waals surface area contributed by atoms with Gasteiger partial charge in [0.1, 0.15) is 11.5 Å². The Kier molecular flexibility index (Phi) is 7.17. The summed E-state index contributed by atoms with van der Waals surface area (Å²) in [5, 5.41) is 6.44. The summed E-state index contributed by atoms with van der Waals surface area (Å²) in [6, 6.07) is 13.5. The first-order valence-electron chi connectivity index (χ1n) is 11.6. The van der Waals surface area contributed by atoms with E-state index in [4.69, 9.17) is 20.3 Å². The highest BCUT2D eigenvalue weighted by Gasteiger charge is 2.36. The molecule has 1 atom stereocenters. The molecule has 0 aromatic heterocycles. The SMILES string of the molecule is COc1ccc(C2=NN(C(=O)CN3CCC(C(N)=O)CC3)[C@H](c3ccccc3C)C2)c(OC)c1. The minimum atomic E-state index is -0.257. The number of hydrogen-bond donors (Lipinski definition) is 1. The lowest BCUT2D eigenvalue weighted by Gasteiger charge is -2.31. The fraction of sp³-hybridized carbons (Fsp3) is 0.423. The number of benzene rings is 2. The summed E-state index contributed by atoms with van der Waals surface area (Å²) in [4.78, 5) is 27.1. The summed E-state index contributed by atoms with van der Waals surface area (Å²) in [6.45, 7) is 3.65. The van der Waals surface area contributed by atoms with Gasteiger partial charge in [-0.05, 0) is 56.1 Å². The van der Waals surface area contributed by atoms with Crippen LogP contribution in [0.3, 0.4) is 0 Å². The van der Waals surface area contributed by atoms with Crippen molar-refractivity contribution in [3.05, 3.63) is 59.2 Å². The number of ether oxygens (including phenoxy) is 2. The van der Waals surface area contributed by atoms with Gasteiger partial charge in [0, 0.05) is 24.0 Å². The smallest absolute Gasteiger partial charge is 0.257 e. The molecule has 2 aliphatic heterocycles. The van der Waals surface area contributed by atoms with Crippen LogP contribution in [0.25, 0.3) is 0 Å². The molecule has 0 aliphatic carbocycles. The normalized spacial score (nSPS) is 19.1. The van der Waals surface area contributed by atoms with Crippen molar-refractivity contribution in [3.8, 4) is 11.5 Å². The fourth-order valence-electron chi connectivity index (χ4n) is 4.78. The number of hydrogen-bond acceptors (Lipinski definition) is 6. The zero-order valence-corrected chi connectivity index (χ0v) is 20.0. The van der Waals surface area contributed by atoms with E-state index in [0.29, 0.717) is 43.9 Å². The maximum absolute atomic E-state index is 13.5. The molecule has 180 valence electrons. The van der Waals surface area contributed by atoms with Crippen LogP contribution >= 0.6 is 0 Å². The zero-order valence-electron chi connectivity index (χ0n) is 20.0. The first kappa shape index (κ1) is 23.8. The van der Waals surface area contributed by atoms with Gasteiger partial charge in [-0.1, -0.05) is 24.3 Å². The number of hydrazone groups is 1. The first-order valence-corrected chi connectivity index (χ1v) is 11.6. The van der Waals surface area contributed by atoms with Gasteiger partial charge in [-0.25, -0.2) is 5.01 Å². The Morgan fingerprint density at radius 2 is 1.82 bits per heavy atom. The van der Waals surface area contributed by atoms with E-state index in [9.17, 15) is 9.59 Å². The van der Waals surface area contributed by atoms with Gasteiger partial charge in [-0.2, -0.15) is 5.10 Å².